The van der Waals surface area contributed by atoms with Gasteiger partial charge in [-0.15, -0.1) is 0 Å². The molecular weight excluding hydrogens is 433 g/mol. The highest BCUT2D eigenvalue weighted by atomic mass is 16.7. The van der Waals surface area contributed by atoms with Gasteiger partial charge in [0.15, 0.2) is 0 Å². The molecule has 35 heavy (non-hydrogen) atoms. The minimum atomic E-state index is -0.605. The molecule has 4 nitrogen and oxygen atoms in total. The minimum Gasteiger partial charge on any atom is -0.456 e. The average molecular weight is 467 g/mol. The molecule has 0 saturated carbocycles. The lowest BCUT2D eigenvalue weighted by molar-refractivity contribution is 0.00578. The Bertz CT molecular complexity index is 2110. The molecule has 0 spiro atoms. The van der Waals surface area contributed by atoms with Crippen LogP contribution in [-0.4, -0.2) is 22.9 Å². The van der Waals surface area contributed by atoms with Gasteiger partial charge in [-0.05, 0) is 63.4 Å². The highest BCUT2D eigenvalue weighted by molar-refractivity contribution is 6.62. The van der Waals surface area contributed by atoms with Crippen LogP contribution < -0.4 is 5.46 Å². The van der Waals surface area contributed by atoms with Crippen LogP contribution in [0.4, 0.5) is 0 Å². The summed E-state index contributed by atoms with van der Waals surface area (Å²) < 4.78 is 88.7. The van der Waals surface area contributed by atoms with E-state index < -0.39 is 42.5 Å². The van der Waals surface area contributed by atoms with Gasteiger partial charge in [0.25, 0.3) is 0 Å². The quantitative estimate of drug-likeness (QED) is 0.258. The molecule has 0 amide bonds. The van der Waals surface area contributed by atoms with Crippen LogP contribution in [-0.2, 0) is 9.31 Å². The number of benzene rings is 4. The lowest BCUT2D eigenvalue weighted by atomic mass is 9.79. The van der Waals surface area contributed by atoms with Crippen LogP contribution in [0.15, 0.2) is 89.2 Å². The zero-order chi connectivity index (χ0) is 30.9. The third kappa shape index (κ3) is 2.89. The van der Waals surface area contributed by atoms with Crippen LogP contribution in [0.25, 0.3) is 49.4 Å². The molecule has 0 bridgehead atoms. The summed E-state index contributed by atoms with van der Waals surface area (Å²) in [6.07, 6.45) is 0. The van der Waals surface area contributed by atoms with E-state index in [9.17, 15) is 0 Å². The summed E-state index contributed by atoms with van der Waals surface area (Å²) in [6, 6.07) is 7.56. The molecule has 0 unspecified atom stereocenters. The Labute approximate surface area is 215 Å². The Morgan fingerprint density at radius 3 is 2.03 bits per heavy atom. The van der Waals surface area contributed by atoms with E-state index in [2.05, 4.69) is 0 Å². The molecule has 3 heterocycles. The summed E-state index contributed by atoms with van der Waals surface area (Å²) in [5.41, 5.74) is 1.33. The Hall–Kier alpha value is -3.54. The fourth-order valence-electron chi connectivity index (χ4n) is 4.80. The molecule has 1 aliphatic heterocycles. The van der Waals surface area contributed by atoms with Gasteiger partial charge in [0.05, 0.1) is 44.3 Å². The Morgan fingerprint density at radius 2 is 1.37 bits per heavy atom. The molecule has 1 fully saturated rings. The predicted molar refractivity (Wildman–Crippen MR) is 144 cm³/mol. The summed E-state index contributed by atoms with van der Waals surface area (Å²) in [5.74, 6) is 0. The number of aromatic nitrogens is 1. The van der Waals surface area contributed by atoms with Crippen molar-refractivity contribution in [2.45, 2.75) is 38.9 Å². The number of para-hydroxylation sites is 2. The van der Waals surface area contributed by atoms with E-state index in [1.54, 1.807) is 18.2 Å². The molecule has 7 rings (SSSR count). The first kappa shape index (κ1) is 14.1. The van der Waals surface area contributed by atoms with Gasteiger partial charge in [0.1, 0.15) is 11.2 Å². The normalized spacial score (nSPS) is 20.5. The van der Waals surface area contributed by atoms with Gasteiger partial charge >= 0.3 is 7.12 Å². The predicted octanol–water partition coefficient (Wildman–Crippen LogP) is 6.98. The van der Waals surface area contributed by atoms with Crippen LogP contribution in [0.2, 0.25) is 0 Å². The fraction of sp³-hybridized carbons (Fsp3) is 0.200. The molecule has 172 valence electrons. The number of nitrogens with zero attached hydrogens (tertiary/aromatic N) is 1. The van der Waals surface area contributed by atoms with Gasteiger partial charge in [-0.2, -0.15) is 0 Å². The molecular formula is C30H26BNO3. The van der Waals surface area contributed by atoms with E-state index in [1.807, 2.05) is 45.9 Å². The first-order valence-corrected chi connectivity index (χ1v) is 11.5. The number of hydrogen-bond donors (Lipinski definition) is 0. The topological polar surface area (TPSA) is 36.5 Å². The molecule has 2 aromatic heterocycles. The van der Waals surface area contributed by atoms with Crippen molar-refractivity contribution in [1.82, 2.24) is 4.57 Å². The summed E-state index contributed by atoms with van der Waals surface area (Å²) in [5, 5.41) is 1.39. The number of rotatable bonds is 2. The molecule has 0 N–H and O–H groups in total. The summed E-state index contributed by atoms with van der Waals surface area (Å²) in [6.45, 7) is 7.92. The van der Waals surface area contributed by atoms with E-state index in [1.165, 1.54) is 4.57 Å². The largest absolute Gasteiger partial charge is 0.494 e. The van der Waals surface area contributed by atoms with Crippen molar-refractivity contribution in [1.29, 1.82) is 0 Å². The van der Waals surface area contributed by atoms with Gasteiger partial charge in [0, 0.05) is 16.2 Å². The molecule has 6 aromatic rings. The van der Waals surface area contributed by atoms with Gasteiger partial charge in [-0.25, -0.2) is 0 Å². The Morgan fingerprint density at radius 1 is 0.743 bits per heavy atom. The van der Waals surface area contributed by atoms with Crippen LogP contribution in [0.5, 0.6) is 0 Å². The van der Waals surface area contributed by atoms with E-state index in [0.29, 0.717) is 27.6 Å². The second-order valence-corrected chi connectivity index (χ2v) is 9.88. The average Bonchev–Trinajstić information content (AvgIpc) is 3.58. The standard InChI is InChI=1S/C30H26BNO3/c1-29(2)30(3,4)35-31(34-29)19-16-17-22-27(18-19)33-26-15-9-14-25(28(22)26)32-23-12-7-5-10-20(23)21-11-6-8-13-24(21)32/h5-18H,1-4H3/i5D,6D,7D,8D,10D,11D,12D,13D. The zero-order valence-electron chi connectivity index (χ0n) is 27.7. The summed E-state index contributed by atoms with van der Waals surface area (Å²) in [7, 11) is -0.605. The van der Waals surface area contributed by atoms with E-state index >= 15 is 0 Å². The maximum absolute atomic E-state index is 8.84. The van der Waals surface area contributed by atoms with E-state index in [-0.39, 0.29) is 46.0 Å². The van der Waals surface area contributed by atoms with Gasteiger partial charge in [0.2, 0.25) is 0 Å². The summed E-state index contributed by atoms with van der Waals surface area (Å²) >= 11 is 0. The highest BCUT2D eigenvalue weighted by Gasteiger charge is 2.51. The second kappa shape index (κ2) is 7.00. The first-order chi connectivity index (χ1) is 20.2. The van der Waals surface area contributed by atoms with Gasteiger partial charge in [-0.3, -0.25) is 0 Å². The smallest absolute Gasteiger partial charge is 0.456 e. The molecule has 4 aromatic carbocycles. The SMILES string of the molecule is [2H]c1c([2H])c([2H])c2c(c1[2H])c1c([2H])c([2H])c([2H])c([2H])c1n2-c1cccc2oc3cc(B4OC(C)(C)C(C)(C)O4)ccc3c12. The van der Waals surface area contributed by atoms with Crippen molar-refractivity contribution in [3.05, 3.63) is 84.7 Å². The van der Waals surface area contributed by atoms with Gasteiger partial charge in [-0.1, -0.05) is 54.5 Å². The summed E-state index contributed by atoms with van der Waals surface area (Å²) in [4.78, 5) is 0. The zero-order valence-corrected chi connectivity index (χ0v) is 19.7. The van der Waals surface area contributed by atoms with Crippen molar-refractivity contribution in [3.8, 4) is 5.69 Å². The lowest BCUT2D eigenvalue weighted by Crippen LogP contribution is -2.41. The van der Waals surface area contributed by atoms with E-state index in [4.69, 9.17) is 24.7 Å². The molecule has 1 aliphatic rings. The number of hydrogen-bond acceptors (Lipinski definition) is 3. The monoisotopic (exact) mass is 467 g/mol. The van der Waals surface area contributed by atoms with Crippen LogP contribution in [0.3, 0.4) is 0 Å². The van der Waals surface area contributed by atoms with Crippen LogP contribution >= 0.6 is 0 Å². The number of fused-ring (bicyclic) bond motifs is 6. The third-order valence-electron chi connectivity index (χ3n) is 7.30. The Kier molecular flexibility index (Phi) is 2.83. The molecule has 1 saturated heterocycles. The van der Waals surface area contributed by atoms with Crippen molar-refractivity contribution >= 4 is 56.3 Å². The first-order valence-electron chi connectivity index (χ1n) is 15.5. The number of furan rings is 1. The van der Waals surface area contributed by atoms with Crippen molar-refractivity contribution in [3.63, 3.8) is 0 Å². The molecule has 0 radical (unpaired) electrons. The second-order valence-electron chi connectivity index (χ2n) is 9.88. The maximum atomic E-state index is 8.84. The minimum absolute atomic E-state index is 0.0286. The molecule has 0 atom stereocenters. The van der Waals surface area contributed by atoms with Gasteiger partial charge < -0.3 is 18.3 Å². The van der Waals surface area contributed by atoms with Crippen molar-refractivity contribution in [2.24, 2.45) is 0 Å². The van der Waals surface area contributed by atoms with Crippen molar-refractivity contribution in [2.75, 3.05) is 0 Å². The Balaban J connectivity index is 1.58. The lowest BCUT2D eigenvalue weighted by Gasteiger charge is -2.32. The molecule has 0 aliphatic carbocycles. The van der Waals surface area contributed by atoms with Crippen LogP contribution in [0, 0.1) is 0 Å². The third-order valence-corrected chi connectivity index (χ3v) is 7.30. The van der Waals surface area contributed by atoms with E-state index in [0.717, 1.165) is 5.46 Å². The molecule has 5 heteroatoms. The van der Waals surface area contributed by atoms with Crippen LogP contribution in [0.1, 0.15) is 38.7 Å². The van der Waals surface area contributed by atoms with Crippen molar-refractivity contribution < 1.29 is 24.7 Å². The maximum Gasteiger partial charge on any atom is 0.494 e. The highest BCUT2D eigenvalue weighted by Crippen LogP contribution is 2.39. The fourth-order valence-corrected chi connectivity index (χ4v) is 4.80.